The topological polar surface area (TPSA) is 118 Å². The van der Waals surface area contributed by atoms with Crippen molar-refractivity contribution in [1.29, 1.82) is 0 Å². The number of halogens is 2. The number of hydrogen-bond acceptors (Lipinski definition) is 10. The van der Waals surface area contributed by atoms with Gasteiger partial charge in [0.2, 0.25) is 11.8 Å². The van der Waals surface area contributed by atoms with Crippen LogP contribution in [0, 0.1) is 23.5 Å². The molecule has 0 radical (unpaired) electrons. The number of hydrogen-bond donors (Lipinski definition) is 0. The van der Waals surface area contributed by atoms with Gasteiger partial charge in [-0.1, -0.05) is 12.1 Å². The molecule has 4 aliphatic rings. The largest absolute Gasteiger partial charge is 0.497 e. The lowest BCUT2D eigenvalue weighted by molar-refractivity contribution is -0.136. The van der Waals surface area contributed by atoms with Gasteiger partial charge in [-0.3, -0.25) is 19.2 Å². The summed E-state index contributed by atoms with van der Waals surface area (Å²) < 4.78 is 51.8. The normalized spacial score (nSPS) is 25.4. The third-order valence-electron chi connectivity index (χ3n) is 10.4. The van der Waals surface area contributed by atoms with Crippen LogP contribution in [0.3, 0.4) is 0 Å². The number of fused-ring (bicyclic) bond motifs is 5. The van der Waals surface area contributed by atoms with E-state index in [0.29, 0.717) is 34.1 Å². The van der Waals surface area contributed by atoms with Crippen LogP contribution in [0.5, 0.6) is 23.0 Å². The summed E-state index contributed by atoms with van der Waals surface area (Å²) in [5, 5.41) is 3.25. The van der Waals surface area contributed by atoms with Crippen molar-refractivity contribution in [1.82, 2.24) is 10.0 Å². The molecule has 0 spiro atoms. The number of carbonyl (C=O) groups is 4. The van der Waals surface area contributed by atoms with Gasteiger partial charge in [-0.25, -0.2) is 28.6 Å². The van der Waals surface area contributed by atoms with Gasteiger partial charge in [0, 0.05) is 11.1 Å². The zero-order valence-electron chi connectivity index (χ0n) is 28.4. The van der Waals surface area contributed by atoms with Crippen molar-refractivity contribution in [3.8, 4) is 23.0 Å². The van der Waals surface area contributed by atoms with Gasteiger partial charge in [0.05, 0.1) is 63.7 Å². The first-order valence-electron chi connectivity index (χ1n) is 16.4. The molecule has 4 fully saturated rings. The number of benzene rings is 4. The van der Waals surface area contributed by atoms with E-state index in [1.807, 2.05) is 0 Å². The van der Waals surface area contributed by atoms with E-state index >= 15 is 0 Å². The Kier molecular flexibility index (Phi) is 7.95. The van der Waals surface area contributed by atoms with Crippen LogP contribution in [0.25, 0.3) is 0 Å². The van der Waals surface area contributed by atoms with Crippen molar-refractivity contribution in [3.05, 3.63) is 108 Å². The number of rotatable bonds is 8. The van der Waals surface area contributed by atoms with Crippen molar-refractivity contribution >= 4 is 35.0 Å². The third-order valence-corrected chi connectivity index (χ3v) is 10.4. The average Bonchev–Trinajstić information content (AvgIpc) is 3.82. The summed E-state index contributed by atoms with van der Waals surface area (Å²) in [6.45, 7) is 0. The van der Waals surface area contributed by atoms with Gasteiger partial charge >= 0.3 is 0 Å². The number of methoxy groups -OCH3 is 4. The number of amides is 4. The Morgan fingerprint density at radius 3 is 1.23 bits per heavy atom. The Hall–Kier alpha value is -5.86. The van der Waals surface area contributed by atoms with E-state index in [-0.39, 0.29) is 11.4 Å². The molecule has 0 N–H and O–H groups in total. The van der Waals surface area contributed by atoms with Gasteiger partial charge in [-0.2, -0.15) is 0 Å². The minimum absolute atomic E-state index is 0.0339. The second-order valence-corrected chi connectivity index (χ2v) is 12.8. The Morgan fingerprint density at radius 2 is 0.885 bits per heavy atom. The molecule has 8 rings (SSSR count). The molecular weight excluding hydrogens is 678 g/mol. The molecule has 0 bridgehead atoms. The van der Waals surface area contributed by atoms with Crippen LogP contribution < -0.4 is 28.7 Å². The number of imide groups is 2. The average molecular weight is 711 g/mol. The molecule has 12 nitrogen and oxygen atoms in total. The zero-order chi connectivity index (χ0) is 36.6. The molecule has 0 saturated carbocycles. The fourth-order valence-electron chi connectivity index (χ4n) is 8.33. The van der Waals surface area contributed by atoms with Crippen LogP contribution in [0.2, 0.25) is 0 Å². The number of nitrogens with zero attached hydrogens (tertiary/aromatic N) is 4. The molecule has 0 unspecified atom stereocenters. The third kappa shape index (κ3) is 4.70. The standard InChI is InChI=1S/C38H32F2N4O8/c1-49-23-11-13-27(51-3)25(17-23)31-29-33(37(47)41(35(29)45)21-9-5-7-19(39)15-21)44-32(26-18-24(50-2)12-14-28(26)52-4)30-34(43(31)44)38(48)42(36(30)46)22-10-6-8-20(40)16-22/h5-18,29-34H,1-4H3/t29-,30-,31+,32+,33-,34+/m0/s1. The minimum Gasteiger partial charge on any atom is -0.497 e. The van der Waals surface area contributed by atoms with Crippen molar-refractivity contribution in [2.24, 2.45) is 11.8 Å². The Morgan fingerprint density at radius 1 is 0.481 bits per heavy atom. The molecule has 14 heteroatoms. The van der Waals surface area contributed by atoms with Gasteiger partial charge < -0.3 is 18.9 Å². The van der Waals surface area contributed by atoms with Crippen LogP contribution in [-0.4, -0.2) is 74.2 Å². The maximum Gasteiger partial charge on any atom is 0.253 e. The van der Waals surface area contributed by atoms with Crippen molar-refractivity contribution in [3.63, 3.8) is 0 Å². The molecule has 0 aliphatic carbocycles. The predicted molar refractivity (Wildman–Crippen MR) is 181 cm³/mol. The molecular formula is C38H32F2N4O8. The molecule has 4 heterocycles. The molecule has 4 aromatic carbocycles. The van der Waals surface area contributed by atoms with Gasteiger partial charge in [0.25, 0.3) is 11.8 Å². The molecule has 4 saturated heterocycles. The molecule has 4 aliphatic heterocycles. The first kappa shape index (κ1) is 33.3. The minimum atomic E-state index is -1.27. The summed E-state index contributed by atoms with van der Waals surface area (Å²) in [6, 6.07) is 15.6. The van der Waals surface area contributed by atoms with Crippen molar-refractivity contribution < 1.29 is 46.9 Å². The summed E-state index contributed by atoms with van der Waals surface area (Å²) in [4.78, 5) is 60.8. The lowest BCUT2D eigenvalue weighted by atomic mass is 9.83. The number of anilines is 2. The number of ether oxygens (including phenoxy) is 4. The van der Waals surface area contributed by atoms with E-state index in [9.17, 15) is 28.0 Å². The van der Waals surface area contributed by atoms with Gasteiger partial charge in [-0.15, -0.1) is 0 Å². The van der Waals surface area contributed by atoms with Gasteiger partial charge in [-0.05, 0) is 72.8 Å². The molecule has 4 aromatic rings. The molecule has 4 amide bonds. The SMILES string of the molecule is COc1ccc(OC)c([C@@H]2[C@@H]3C(=O)N(c4cccc(F)c4)C(=O)[C@@H]3N3[C@H](c4cc(OC)ccc4OC)[C@@H]4C(=O)N(c5cccc(F)c5)C(=O)[C@H]4N23)c1. The smallest absolute Gasteiger partial charge is 0.253 e. The second kappa shape index (κ2) is 12.4. The Balaban J connectivity index is 1.40. The van der Waals surface area contributed by atoms with Crippen LogP contribution in [0.1, 0.15) is 23.2 Å². The van der Waals surface area contributed by atoms with Crippen molar-refractivity contribution in [2.75, 3.05) is 38.2 Å². The highest BCUT2D eigenvalue weighted by molar-refractivity contribution is 6.26. The first-order chi connectivity index (χ1) is 25.1. The summed E-state index contributed by atoms with van der Waals surface area (Å²) in [7, 11) is 5.84. The molecule has 0 aromatic heterocycles. The summed E-state index contributed by atoms with van der Waals surface area (Å²) >= 11 is 0. The monoisotopic (exact) mass is 710 g/mol. The van der Waals surface area contributed by atoms with E-state index in [4.69, 9.17) is 18.9 Å². The molecule has 52 heavy (non-hydrogen) atoms. The van der Waals surface area contributed by atoms with Crippen LogP contribution in [0.15, 0.2) is 84.9 Å². The van der Waals surface area contributed by atoms with Crippen molar-refractivity contribution in [2.45, 2.75) is 24.2 Å². The first-order valence-corrected chi connectivity index (χ1v) is 16.4. The highest BCUT2D eigenvalue weighted by Crippen LogP contribution is 2.61. The van der Waals surface area contributed by atoms with E-state index in [1.165, 1.54) is 64.8 Å². The van der Waals surface area contributed by atoms with E-state index < -0.39 is 71.3 Å². The highest BCUT2D eigenvalue weighted by Gasteiger charge is 2.74. The second-order valence-electron chi connectivity index (χ2n) is 12.8. The van der Waals surface area contributed by atoms with E-state index in [0.717, 1.165) is 21.9 Å². The maximum absolute atomic E-state index is 14.7. The van der Waals surface area contributed by atoms with Crippen LogP contribution >= 0.6 is 0 Å². The lowest BCUT2D eigenvalue weighted by Gasteiger charge is -2.36. The van der Waals surface area contributed by atoms with Gasteiger partial charge in [0.1, 0.15) is 46.7 Å². The Bertz CT molecular complexity index is 2010. The van der Waals surface area contributed by atoms with Crippen LogP contribution in [-0.2, 0) is 19.2 Å². The van der Waals surface area contributed by atoms with Crippen LogP contribution in [0.4, 0.5) is 20.2 Å². The maximum atomic E-state index is 14.7. The fourth-order valence-corrected chi connectivity index (χ4v) is 8.33. The molecule has 6 atom stereocenters. The lowest BCUT2D eigenvalue weighted by Crippen LogP contribution is -2.50. The number of hydrazine groups is 1. The summed E-state index contributed by atoms with van der Waals surface area (Å²) in [6.07, 6.45) is 0. The zero-order valence-corrected chi connectivity index (χ0v) is 28.4. The number of carbonyl (C=O) groups excluding carboxylic acids is 4. The van der Waals surface area contributed by atoms with Gasteiger partial charge in [0.15, 0.2) is 0 Å². The predicted octanol–water partition coefficient (Wildman–Crippen LogP) is 4.44. The van der Waals surface area contributed by atoms with E-state index in [2.05, 4.69) is 0 Å². The highest BCUT2D eigenvalue weighted by atomic mass is 19.1. The quantitative estimate of drug-likeness (QED) is 0.243. The molecule has 266 valence electrons. The van der Waals surface area contributed by atoms with E-state index in [1.54, 1.807) is 46.4 Å². The summed E-state index contributed by atoms with van der Waals surface area (Å²) in [5.74, 6) is -4.83. The Labute approximate surface area is 296 Å². The summed E-state index contributed by atoms with van der Waals surface area (Å²) in [5.41, 5.74) is 0.879. The fraction of sp³-hybridized carbons (Fsp3) is 0.263.